The molecule has 0 N–H and O–H groups in total. The minimum absolute atomic E-state index is 0.174. The van der Waals surface area contributed by atoms with E-state index in [2.05, 4.69) is 0 Å². The monoisotopic (exact) mass is 405 g/mol. The summed E-state index contributed by atoms with van der Waals surface area (Å²) in [6.07, 6.45) is 1.03. The lowest BCUT2D eigenvalue weighted by molar-refractivity contribution is -0.0390. The maximum absolute atomic E-state index is 12.8. The van der Waals surface area contributed by atoms with Crippen molar-refractivity contribution in [3.63, 3.8) is 0 Å². The average Bonchev–Trinajstić information content (AvgIpc) is 2.95. The number of fused-ring (bicyclic) bond motifs is 2. The van der Waals surface area contributed by atoms with Crippen LogP contribution >= 0.6 is 23.2 Å². The molecule has 7 heteroatoms. The first-order valence-electron chi connectivity index (χ1n) is 8.60. The molecule has 1 fully saturated rings. The number of halogens is 2. The van der Waals surface area contributed by atoms with Crippen molar-refractivity contribution in [1.82, 2.24) is 4.90 Å². The third-order valence-corrected chi connectivity index (χ3v) is 6.08. The van der Waals surface area contributed by atoms with Crippen LogP contribution in [0.5, 0.6) is 5.75 Å². The summed E-state index contributed by atoms with van der Waals surface area (Å²) in [5, 5.41) is 0.605. The van der Waals surface area contributed by atoms with Crippen LogP contribution in [0.1, 0.15) is 39.1 Å². The van der Waals surface area contributed by atoms with Gasteiger partial charge in [0.2, 0.25) is 0 Å². The Bertz CT molecular complexity index is 936. The molecule has 4 rings (SSSR count). The van der Waals surface area contributed by atoms with Crippen LogP contribution < -0.4 is 4.74 Å². The number of hydrogen-bond acceptors (Lipinski definition) is 4. The molecule has 1 spiro atoms. The molecule has 0 radical (unpaired) electrons. The second-order valence-electron chi connectivity index (χ2n) is 6.69. The zero-order valence-electron chi connectivity index (χ0n) is 14.6. The Morgan fingerprint density at radius 2 is 1.93 bits per heavy atom. The van der Waals surface area contributed by atoms with Crippen molar-refractivity contribution in [2.45, 2.75) is 18.4 Å². The lowest BCUT2D eigenvalue weighted by Gasteiger charge is -2.38. The largest absolute Gasteiger partial charge is 0.497 e. The molecule has 27 heavy (non-hydrogen) atoms. The standard InChI is InChI=1S/C20H17Cl2NO4/c1-26-12-5-6-13-15(11-12)20(27-19(13)25)7-9-23(10-8-20)18(24)14-3-2-4-16(21)17(14)22/h2-6,11H,7-10H2,1H3. The van der Waals surface area contributed by atoms with Crippen LogP contribution in [-0.2, 0) is 10.3 Å². The summed E-state index contributed by atoms with van der Waals surface area (Å²) >= 11 is 12.2. The van der Waals surface area contributed by atoms with Gasteiger partial charge in [0, 0.05) is 31.5 Å². The number of benzene rings is 2. The number of likely N-dealkylation sites (tertiary alicyclic amines) is 1. The molecule has 1 amide bonds. The van der Waals surface area contributed by atoms with Crippen LogP contribution in [0.3, 0.4) is 0 Å². The van der Waals surface area contributed by atoms with E-state index in [0.717, 1.165) is 5.56 Å². The Balaban J connectivity index is 1.57. The fourth-order valence-corrected chi connectivity index (χ4v) is 4.16. The van der Waals surface area contributed by atoms with E-state index in [9.17, 15) is 9.59 Å². The number of ether oxygens (including phenoxy) is 2. The number of hydrogen-bond donors (Lipinski definition) is 0. The minimum atomic E-state index is -0.712. The SMILES string of the molecule is COc1ccc2c(c1)C1(CCN(C(=O)c3cccc(Cl)c3Cl)CC1)OC2=O. The number of nitrogens with zero attached hydrogens (tertiary/aromatic N) is 1. The summed E-state index contributed by atoms with van der Waals surface area (Å²) in [5.74, 6) is 0.175. The van der Waals surface area contributed by atoms with Crippen molar-refractivity contribution in [3.8, 4) is 5.75 Å². The van der Waals surface area contributed by atoms with Crippen LogP contribution in [0.4, 0.5) is 0 Å². The lowest BCUT2D eigenvalue weighted by atomic mass is 9.83. The third kappa shape index (κ3) is 2.95. The molecule has 0 unspecified atom stereocenters. The van der Waals surface area contributed by atoms with Gasteiger partial charge < -0.3 is 14.4 Å². The van der Waals surface area contributed by atoms with Crippen molar-refractivity contribution in [1.29, 1.82) is 0 Å². The quantitative estimate of drug-likeness (QED) is 0.698. The zero-order chi connectivity index (χ0) is 19.2. The molecule has 2 aromatic carbocycles. The van der Waals surface area contributed by atoms with Crippen LogP contribution in [0, 0.1) is 0 Å². The topological polar surface area (TPSA) is 55.8 Å². The molecule has 2 aromatic rings. The fraction of sp³-hybridized carbons (Fsp3) is 0.300. The Kier molecular flexibility index (Phi) is 4.52. The van der Waals surface area contributed by atoms with Gasteiger partial charge in [0.05, 0.1) is 28.3 Å². The van der Waals surface area contributed by atoms with E-state index in [1.54, 1.807) is 42.3 Å². The number of carbonyl (C=O) groups is 2. The van der Waals surface area contributed by atoms with Crippen LogP contribution in [0.15, 0.2) is 36.4 Å². The lowest BCUT2D eigenvalue weighted by Crippen LogP contribution is -2.45. The first-order valence-corrected chi connectivity index (χ1v) is 9.36. The average molecular weight is 406 g/mol. The van der Waals surface area contributed by atoms with Gasteiger partial charge in [0.25, 0.3) is 5.91 Å². The molecule has 0 aliphatic carbocycles. The predicted molar refractivity (Wildman–Crippen MR) is 102 cm³/mol. The molecule has 0 saturated carbocycles. The minimum Gasteiger partial charge on any atom is -0.497 e. The summed E-state index contributed by atoms with van der Waals surface area (Å²) in [5.41, 5.74) is 1.06. The van der Waals surface area contributed by atoms with Crippen LogP contribution in [0.2, 0.25) is 10.0 Å². The molecule has 1 saturated heterocycles. The number of amides is 1. The number of methoxy groups -OCH3 is 1. The second-order valence-corrected chi connectivity index (χ2v) is 7.47. The zero-order valence-corrected chi connectivity index (χ0v) is 16.1. The number of piperidine rings is 1. The van der Waals surface area contributed by atoms with Gasteiger partial charge in [0.15, 0.2) is 0 Å². The molecule has 140 valence electrons. The smallest absolute Gasteiger partial charge is 0.339 e. The van der Waals surface area contributed by atoms with Crippen LogP contribution in [-0.4, -0.2) is 37.0 Å². The molecule has 2 aliphatic rings. The summed E-state index contributed by atoms with van der Waals surface area (Å²) in [7, 11) is 1.59. The van der Waals surface area contributed by atoms with Crippen molar-refractivity contribution >= 4 is 35.1 Å². The molecule has 2 heterocycles. The Hall–Kier alpha value is -2.24. The molecule has 0 aromatic heterocycles. The van der Waals surface area contributed by atoms with Crippen molar-refractivity contribution in [2.75, 3.05) is 20.2 Å². The highest BCUT2D eigenvalue weighted by atomic mass is 35.5. The van der Waals surface area contributed by atoms with E-state index in [0.29, 0.717) is 47.8 Å². The highest BCUT2D eigenvalue weighted by molar-refractivity contribution is 6.43. The van der Waals surface area contributed by atoms with Crippen molar-refractivity contribution in [3.05, 3.63) is 63.1 Å². The van der Waals surface area contributed by atoms with Gasteiger partial charge >= 0.3 is 5.97 Å². The van der Waals surface area contributed by atoms with E-state index in [1.807, 2.05) is 6.07 Å². The summed E-state index contributed by atoms with van der Waals surface area (Å²) in [6.45, 7) is 0.900. The van der Waals surface area contributed by atoms with Gasteiger partial charge in [-0.15, -0.1) is 0 Å². The van der Waals surface area contributed by atoms with Crippen molar-refractivity contribution in [2.24, 2.45) is 0 Å². The van der Waals surface area contributed by atoms with Gasteiger partial charge in [-0.3, -0.25) is 4.79 Å². The van der Waals surface area contributed by atoms with E-state index < -0.39 is 5.60 Å². The summed E-state index contributed by atoms with van der Waals surface area (Å²) < 4.78 is 11.0. The Morgan fingerprint density at radius 3 is 2.63 bits per heavy atom. The molecule has 0 atom stereocenters. The Morgan fingerprint density at radius 1 is 1.19 bits per heavy atom. The van der Waals surface area contributed by atoms with E-state index >= 15 is 0 Å². The number of rotatable bonds is 2. The molecule has 0 bridgehead atoms. The molecular formula is C20H17Cl2NO4. The predicted octanol–water partition coefficient (Wildman–Crippen LogP) is 4.30. The summed E-state index contributed by atoms with van der Waals surface area (Å²) in [4.78, 5) is 26.8. The molecular weight excluding hydrogens is 389 g/mol. The van der Waals surface area contributed by atoms with Gasteiger partial charge in [0.1, 0.15) is 11.4 Å². The first kappa shape index (κ1) is 18.1. The first-order chi connectivity index (χ1) is 12.9. The molecule has 5 nitrogen and oxygen atoms in total. The Labute approximate surface area is 166 Å². The van der Waals surface area contributed by atoms with E-state index in [4.69, 9.17) is 32.7 Å². The van der Waals surface area contributed by atoms with E-state index in [1.165, 1.54) is 0 Å². The highest BCUT2D eigenvalue weighted by Crippen LogP contribution is 2.45. The second kappa shape index (κ2) is 6.73. The fourth-order valence-electron chi connectivity index (χ4n) is 3.77. The maximum atomic E-state index is 12.8. The van der Waals surface area contributed by atoms with Gasteiger partial charge in [-0.1, -0.05) is 29.3 Å². The summed E-state index contributed by atoms with van der Waals surface area (Å²) in [6, 6.07) is 10.3. The highest BCUT2D eigenvalue weighted by Gasteiger charge is 2.48. The number of carbonyl (C=O) groups excluding carboxylic acids is 2. The third-order valence-electron chi connectivity index (χ3n) is 5.27. The molecule has 2 aliphatic heterocycles. The number of esters is 1. The normalized spacial score (nSPS) is 17.6. The van der Waals surface area contributed by atoms with Gasteiger partial charge in [-0.05, 0) is 30.3 Å². The van der Waals surface area contributed by atoms with Gasteiger partial charge in [-0.25, -0.2) is 4.79 Å². The van der Waals surface area contributed by atoms with Crippen molar-refractivity contribution < 1.29 is 19.1 Å². The van der Waals surface area contributed by atoms with Gasteiger partial charge in [-0.2, -0.15) is 0 Å². The maximum Gasteiger partial charge on any atom is 0.339 e. The van der Waals surface area contributed by atoms with E-state index in [-0.39, 0.29) is 16.9 Å². The van der Waals surface area contributed by atoms with Crippen LogP contribution in [0.25, 0.3) is 0 Å².